The number of nitrogens with zero attached hydrogens (tertiary/aromatic N) is 1. The van der Waals surface area contributed by atoms with Crippen LogP contribution < -0.4 is 4.59 Å². The predicted molar refractivity (Wildman–Crippen MR) is 80.5 cm³/mol. The van der Waals surface area contributed by atoms with E-state index in [1.165, 1.54) is 0 Å². The molecule has 0 N–H and O–H groups in total. The molecule has 0 aliphatic rings. The first-order valence-electron chi connectivity index (χ1n) is 6.11. The van der Waals surface area contributed by atoms with Crippen LogP contribution in [-0.4, -0.2) is 26.1 Å². The van der Waals surface area contributed by atoms with Crippen molar-refractivity contribution in [1.82, 2.24) is 4.98 Å². The summed E-state index contributed by atoms with van der Waals surface area (Å²) in [4.78, 5) is 4.42. The molecule has 1 aromatic heterocycles. The van der Waals surface area contributed by atoms with Gasteiger partial charge in [-0.2, -0.15) is 0 Å². The Morgan fingerprint density at radius 1 is 1.00 bits per heavy atom. The van der Waals surface area contributed by atoms with Gasteiger partial charge >= 0.3 is 130 Å². The fourth-order valence-electron chi connectivity index (χ4n) is 2.16. The molecule has 108 valence electrons. The zero-order valence-electron chi connectivity index (χ0n) is 10.6. The van der Waals surface area contributed by atoms with Crippen molar-refractivity contribution in [2.24, 2.45) is 0 Å². The van der Waals surface area contributed by atoms with E-state index in [0.29, 0.717) is 15.1 Å². The summed E-state index contributed by atoms with van der Waals surface area (Å²) in [6, 6.07) is 12.6. The number of benzene rings is 2. The van der Waals surface area contributed by atoms with Gasteiger partial charge in [0.05, 0.1) is 0 Å². The Labute approximate surface area is 130 Å². The summed E-state index contributed by atoms with van der Waals surface area (Å²) >= 11 is 5.26. The van der Waals surface area contributed by atoms with Crippen molar-refractivity contribution in [1.29, 1.82) is 0 Å². The summed E-state index contributed by atoms with van der Waals surface area (Å²) in [6.07, 6.45) is -4.16. The molecule has 2 aromatic carbocycles. The van der Waals surface area contributed by atoms with Crippen LogP contribution >= 0.6 is 11.6 Å². The van der Waals surface area contributed by atoms with Gasteiger partial charge in [-0.15, -0.1) is 0 Å². The third kappa shape index (κ3) is 3.15. The van der Waals surface area contributed by atoms with Gasteiger partial charge in [-0.05, 0) is 0 Å². The number of pyridine rings is 1. The van der Waals surface area contributed by atoms with Gasteiger partial charge in [-0.25, -0.2) is 0 Å². The minimum atomic E-state index is -4.16. The average molecular weight is 375 g/mol. The molecule has 1 nitrogen and oxygen atoms in total. The van der Waals surface area contributed by atoms with Crippen LogP contribution in [-0.2, 0) is 0 Å². The molecule has 0 fully saturated rings. The van der Waals surface area contributed by atoms with E-state index in [1.54, 1.807) is 18.2 Å². The van der Waals surface area contributed by atoms with E-state index in [9.17, 15) is 13.2 Å². The van der Waals surface area contributed by atoms with Crippen LogP contribution in [0.4, 0.5) is 13.2 Å². The molecule has 0 saturated carbocycles. The van der Waals surface area contributed by atoms with Gasteiger partial charge in [-0.1, -0.05) is 0 Å². The number of aromatic nitrogens is 1. The molecule has 0 radical (unpaired) electrons. The first kappa shape index (κ1) is 14.6. The molecule has 3 aromatic rings. The second-order valence-corrected chi connectivity index (χ2v) is 6.99. The van der Waals surface area contributed by atoms with Crippen LogP contribution in [0.5, 0.6) is 0 Å². The number of alkyl halides is 3. The van der Waals surface area contributed by atoms with E-state index in [0.717, 1.165) is 16.2 Å². The summed E-state index contributed by atoms with van der Waals surface area (Å²) in [5, 5.41) is 2.31. The molecule has 0 spiro atoms. The van der Waals surface area contributed by atoms with Crippen molar-refractivity contribution in [2.75, 3.05) is 0 Å². The summed E-state index contributed by atoms with van der Waals surface area (Å²) in [5.41, 5.74) is 0.678. The van der Waals surface area contributed by atoms with Crippen molar-refractivity contribution >= 4 is 52.8 Å². The molecular weight excluding hydrogens is 366 g/mol. The second-order valence-electron chi connectivity index (χ2n) is 4.53. The third-order valence-electron chi connectivity index (χ3n) is 3.00. The molecule has 0 saturated heterocycles. The number of fused-ring (bicyclic) bond motifs is 3. The zero-order chi connectivity index (χ0) is 15.0. The van der Waals surface area contributed by atoms with E-state index in [-0.39, 0.29) is 0 Å². The van der Waals surface area contributed by atoms with Crippen LogP contribution in [0.15, 0.2) is 42.5 Å². The molecule has 0 bridgehead atoms. The minimum absolute atomic E-state index is 0.533. The predicted octanol–water partition coefficient (Wildman–Crippen LogP) is 4.35. The molecule has 6 heteroatoms. The van der Waals surface area contributed by atoms with Crippen molar-refractivity contribution in [3.05, 3.63) is 47.5 Å². The van der Waals surface area contributed by atoms with E-state index in [2.05, 4.69) is 4.98 Å². The van der Waals surface area contributed by atoms with Gasteiger partial charge < -0.3 is 0 Å². The van der Waals surface area contributed by atoms with Crippen molar-refractivity contribution in [3.63, 3.8) is 0 Å². The van der Waals surface area contributed by atoms with E-state index in [4.69, 9.17) is 11.6 Å². The second kappa shape index (κ2) is 5.48. The van der Waals surface area contributed by atoms with Gasteiger partial charge in [-0.3, -0.25) is 0 Å². The fraction of sp³-hybridized carbons (Fsp3) is 0.133. The summed E-state index contributed by atoms with van der Waals surface area (Å²) in [5.74, 6) is 0. The van der Waals surface area contributed by atoms with Gasteiger partial charge in [0.25, 0.3) is 0 Å². The summed E-state index contributed by atoms with van der Waals surface area (Å²) < 4.78 is 38.0. The van der Waals surface area contributed by atoms with Crippen LogP contribution in [0.2, 0.25) is 10.3 Å². The van der Waals surface area contributed by atoms with Crippen molar-refractivity contribution < 1.29 is 13.2 Å². The standard InChI is InChI=1S/C15H9ClF3NSe/c16-9-5-6-13-12(7-9)10-3-1-2-4-11(10)14(20-13)21-8-15(17,18)19/h1-7H,8H2. The SMILES string of the molecule is FC(F)(F)C[Se]c1nc2ccc(Cl)cc2c2ccccc12. The molecule has 1 heterocycles. The van der Waals surface area contributed by atoms with Gasteiger partial charge in [0.1, 0.15) is 0 Å². The maximum absolute atomic E-state index is 12.5. The number of hydrogen-bond acceptors (Lipinski definition) is 1. The fourth-order valence-corrected chi connectivity index (χ4v) is 4.00. The van der Waals surface area contributed by atoms with Gasteiger partial charge in [0.15, 0.2) is 0 Å². The molecule has 0 unspecified atom stereocenters. The van der Waals surface area contributed by atoms with Crippen LogP contribution in [0, 0.1) is 0 Å². The Bertz CT molecular complexity index is 817. The first-order chi connectivity index (χ1) is 9.94. The van der Waals surface area contributed by atoms with E-state index < -0.39 is 26.5 Å². The Hall–Kier alpha value is -1.29. The third-order valence-corrected chi connectivity index (χ3v) is 5.45. The number of halogens is 4. The van der Waals surface area contributed by atoms with E-state index >= 15 is 0 Å². The average Bonchev–Trinajstić information content (AvgIpc) is 2.44. The van der Waals surface area contributed by atoms with Crippen LogP contribution in [0.3, 0.4) is 0 Å². The van der Waals surface area contributed by atoms with Gasteiger partial charge in [0, 0.05) is 0 Å². The van der Waals surface area contributed by atoms with Crippen LogP contribution in [0.25, 0.3) is 21.7 Å². The quantitative estimate of drug-likeness (QED) is 0.480. The molecule has 21 heavy (non-hydrogen) atoms. The van der Waals surface area contributed by atoms with E-state index in [1.807, 2.05) is 24.3 Å². The Morgan fingerprint density at radius 2 is 1.71 bits per heavy atom. The first-order valence-corrected chi connectivity index (χ1v) is 8.56. The van der Waals surface area contributed by atoms with Crippen LogP contribution in [0.1, 0.15) is 0 Å². The molecule has 0 aliphatic carbocycles. The number of rotatable bonds is 2. The summed E-state index contributed by atoms with van der Waals surface area (Å²) in [6.45, 7) is 0. The monoisotopic (exact) mass is 375 g/mol. The number of hydrogen-bond donors (Lipinski definition) is 0. The van der Waals surface area contributed by atoms with Gasteiger partial charge in [0.2, 0.25) is 0 Å². The van der Waals surface area contributed by atoms with Crippen molar-refractivity contribution in [2.45, 2.75) is 11.5 Å². The molecule has 0 amide bonds. The topological polar surface area (TPSA) is 12.9 Å². The molecule has 3 rings (SSSR count). The molecular formula is C15H9ClF3NSe. The normalized spacial score (nSPS) is 12.2. The maximum atomic E-state index is 12.5. The Balaban J connectivity index is 2.21. The zero-order valence-corrected chi connectivity index (χ0v) is 13.1. The Morgan fingerprint density at radius 3 is 2.43 bits per heavy atom. The molecule has 0 atom stereocenters. The van der Waals surface area contributed by atoms with Crippen molar-refractivity contribution in [3.8, 4) is 0 Å². The summed E-state index contributed by atoms with van der Waals surface area (Å²) in [7, 11) is 0. The Kier molecular flexibility index (Phi) is 3.82. The molecule has 0 aliphatic heterocycles.